The average molecular weight is 289 g/mol. The number of pyridine rings is 1. The minimum Gasteiger partial charge on any atom is -0.481 e. The van der Waals surface area contributed by atoms with Gasteiger partial charge in [0, 0.05) is 17.8 Å². The Morgan fingerprint density at radius 1 is 1.55 bits per heavy atom. The monoisotopic (exact) mass is 289 g/mol. The quantitative estimate of drug-likeness (QED) is 0.386. The zero-order valence-electron chi connectivity index (χ0n) is 10.7. The van der Waals surface area contributed by atoms with E-state index in [0.717, 1.165) is 19.8 Å². The second-order valence-corrected chi connectivity index (χ2v) is 4.67. The summed E-state index contributed by atoms with van der Waals surface area (Å²) in [4.78, 5) is 3.96. The van der Waals surface area contributed by atoms with Gasteiger partial charge in [0.1, 0.15) is 11.4 Å². The van der Waals surface area contributed by atoms with E-state index in [1.54, 1.807) is 0 Å². The Morgan fingerprint density at radius 3 is 2.70 bits per heavy atom. The van der Waals surface area contributed by atoms with Crippen molar-refractivity contribution in [2.45, 2.75) is 38.0 Å². The molecule has 0 amide bonds. The minimum atomic E-state index is -4.46. The van der Waals surface area contributed by atoms with Crippen molar-refractivity contribution < 1.29 is 23.1 Å². The van der Waals surface area contributed by atoms with Crippen molar-refractivity contribution in [3.63, 3.8) is 0 Å². The fourth-order valence-corrected chi connectivity index (χ4v) is 1.70. The second kappa shape index (κ2) is 5.18. The second-order valence-electron chi connectivity index (χ2n) is 4.67. The molecule has 1 saturated carbocycles. The molecule has 0 saturated heterocycles. The van der Waals surface area contributed by atoms with Crippen molar-refractivity contribution >= 4 is 5.84 Å². The summed E-state index contributed by atoms with van der Waals surface area (Å²) in [5.74, 6) is -0.0370. The predicted molar refractivity (Wildman–Crippen MR) is 64.9 cm³/mol. The first-order valence-electron chi connectivity index (χ1n) is 6.04. The smallest absolute Gasteiger partial charge is 0.425 e. The fraction of sp³-hybridized carbons (Fsp3) is 0.500. The van der Waals surface area contributed by atoms with Gasteiger partial charge in [-0.05, 0) is 25.7 Å². The van der Waals surface area contributed by atoms with E-state index in [0.29, 0.717) is 5.56 Å². The van der Waals surface area contributed by atoms with E-state index >= 15 is 0 Å². The van der Waals surface area contributed by atoms with E-state index in [-0.39, 0.29) is 23.2 Å². The van der Waals surface area contributed by atoms with Crippen LogP contribution in [0.5, 0.6) is 5.75 Å². The van der Waals surface area contributed by atoms with Gasteiger partial charge in [0.15, 0.2) is 11.9 Å². The van der Waals surface area contributed by atoms with Crippen LogP contribution in [-0.2, 0) is 0 Å². The number of nitrogens with zero attached hydrogens (tertiary/aromatic N) is 2. The van der Waals surface area contributed by atoms with Crippen molar-refractivity contribution in [1.82, 2.24) is 4.98 Å². The third kappa shape index (κ3) is 3.12. The van der Waals surface area contributed by atoms with Crippen LogP contribution in [0.15, 0.2) is 17.4 Å². The van der Waals surface area contributed by atoms with Crippen LogP contribution >= 0.6 is 0 Å². The van der Waals surface area contributed by atoms with Crippen molar-refractivity contribution in [2.75, 3.05) is 0 Å². The molecule has 2 rings (SSSR count). The lowest BCUT2D eigenvalue weighted by Crippen LogP contribution is -2.31. The highest BCUT2D eigenvalue weighted by atomic mass is 19.4. The Hall–Kier alpha value is -1.99. The first-order valence-corrected chi connectivity index (χ1v) is 6.04. The summed E-state index contributed by atoms with van der Waals surface area (Å²) in [6.45, 7) is 0.931. The van der Waals surface area contributed by atoms with E-state index < -0.39 is 12.3 Å². The molecule has 1 heterocycles. The number of aromatic nitrogens is 1. The number of rotatable bonds is 4. The molecule has 1 atom stereocenters. The van der Waals surface area contributed by atoms with Crippen molar-refractivity contribution in [1.29, 1.82) is 0 Å². The molecule has 0 aliphatic heterocycles. The SMILES string of the molecule is CC(Oc1cc(C(N)=NO)ncc1C1CC1)C(F)(F)F. The summed E-state index contributed by atoms with van der Waals surface area (Å²) >= 11 is 0. The zero-order chi connectivity index (χ0) is 14.9. The fourth-order valence-electron chi connectivity index (χ4n) is 1.70. The van der Waals surface area contributed by atoms with E-state index in [9.17, 15) is 13.2 Å². The van der Waals surface area contributed by atoms with Crippen molar-refractivity contribution in [3.05, 3.63) is 23.5 Å². The maximum Gasteiger partial charge on any atom is 0.425 e. The lowest BCUT2D eigenvalue weighted by molar-refractivity contribution is -0.189. The summed E-state index contributed by atoms with van der Waals surface area (Å²) in [5.41, 5.74) is 6.07. The van der Waals surface area contributed by atoms with Crippen LogP contribution in [0.25, 0.3) is 0 Å². The number of halogens is 3. The van der Waals surface area contributed by atoms with Gasteiger partial charge < -0.3 is 15.7 Å². The highest BCUT2D eigenvalue weighted by molar-refractivity contribution is 5.95. The molecule has 0 spiro atoms. The Labute approximate surface area is 113 Å². The van der Waals surface area contributed by atoms with Crippen LogP contribution in [0.1, 0.15) is 36.9 Å². The molecule has 110 valence electrons. The molecule has 1 aliphatic carbocycles. The standard InChI is InChI=1S/C12H14F3N3O2/c1-6(12(13,14)15)20-10-4-9(11(16)18-19)17-5-8(10)7-2-3-7/h4-7,19H,2-3H2,1H3,(H2,16,18). The summed E-state index contributed by atoms with van der Waals surface area (Å²) in [5, 5.41) is 11.4. The third-order valence-corrected chi connectivity index (χ3v) is 3.05. The molecule has 8 heteroatoms. The first-order chi connectivity index (χ1) is 9.32. The Balaban J connectivity index is 2.32. The lowest BCUT2D eigenvalue weighted by atomic mass is 10.1. The van der Waals surface area contributed by atoms with Crippen LogP contribution in [0, 0.1) is 0 Å². The van der Waals surface area contributed by atoms with Crippen molar-refractivity contribution in [2.24, 2.45) is 10.9 Å². The van der Waals surface area contributed by atoms with Crippen LogP contribution in [0.2, 0.25) is 0 Å². The maximum atomic E-state index is 12.6. The Bertz CT molecular complexity index is 527. The normalized spacial score (nSPS) is 17.9. The zero-order valence-corrected chi connectivity index (χ0v) is 10.7. The molecule has 1 fully saturated rings. The maximum absolute atomic E-state index is 12.6. The van der Waals surface area contributed by atoms with Crippen LogP contribution < -0.4 is 10.5 Å². The number of nitrogens with two attached hydrogens (primary N) is 1. The molecule has 3 N–H and O–H groups in total. The Kier molecular flexibility index (Phi) is 3.74. The van der Waals surface area contributed by atoms with Crippen LogP contribution in [-0.4, -0.2) is 28.3 Å². The summed E-state index contributed by atoms with van der Waals surface area (Å²) in [6, 6.07) is 1.27. The average Bonchev–Trinajstić information content (AvgIpc) is 3.21. The topological polar surface area (TPSA) is 80.7 Å². The molecule has 0 radical (unpaired) electrons. The molecule has 1 aliphatic rings. The molecule has 20 heavy (non-hydrogen) atoms. The van der Waals surface area contributed by atoms with E-state index in [1.165, 1.54) is 12.3 Å². The number of hydrogen-bond donors (Lipinski definition) is 2. The van der Waals surface area contributed by atoms with Gasteiger partial charge in [0.25, 0.3) is 0 Å². The van der Waals surface area contributed by atoms with E-state index in [1.807, 2.05) is 0 Å². The summed E-state index contributed by atoms with van der Waals surface area (Å²) < 4.78 is 42.7. The van der Waals surface area contributed by atoms with Gasteiger partial charge in [-0.25, -0.2) is 0 Å². The molecule has 1 aromatic heterocycles. The predicted octanol–water partition coefficient (Wildman–Crippen LogP) is 2.38. The molecule has 0 bridgehead atoms. The summed E-state index contributed by atoms with van der Waals surface area (Å²) in [6.07, 6.45) is -3.20. The van der Waals surface area contributed by atoms with Gasteiger partial charge in [0.2, 0.25) is 0 Å². The molecular formula is C12H14F3N3O2. The first kappa shape index (κ1) is 14.4. The number of hydrogen-bond acceptors (Lipinski definition) is 4. The minimum absolute atomic E-state index is 0.0706. The number of amidine groups is 1. The largest absolute Gasteiger partial charge is 0.481 e. The number of oxime groups is 1. The van der Waals surface area contributed by atoms with Gasteiger partial charge in [-0.15, -0.1) is 0 Å². The van der Waals surface area contributed by atoms with E-state index in [2.05, 4.69) is 10.1 Å². The number of alkyl halides is 3. The molecule has 1 aromatic rings. The molecule has 5 nitrogen and oxygen atoms in total. The molecular weight excluding hydrogens is 275 g/mol. The van der Waals surface area contributed by atoms with Gasteiger partial charge in [-0.1, -0.05) is 5.16 Å². The van der Waals surface area contributed by atoms with Gasteiger partial charge >= 0.3 is 6.18 Å². The highest BCUT2D eigenvalue weighted by Crippen LogP contribution is 2.44. The van der Waals surface area contributed by atoms with Crippen molar-refractivity contribution in [3.8, 4) is 5.75 Å². The van der Waals surface area contributed by atoms with Gasteiger partial charge in [-0.2, -0.15) is 13.2 Å². The van der Waals surface area contributed by atoms with E-state index in [4.69, 9.17) is 15.7 Å². The van der Waals surface area contributed by atoms with Crippen LogP contribution in [0.4, 0.5) is 13.2 Å². The number of ether oxygens (including phenoxy) is 1. The van der Waals surface area contributed by atoms with Gasteiger partial charge in [-0.3, -0.25) is 4.98 Å². The van der Waals surface area contributed by atoms with Crippen LogP contribution in [0.3, 0.4) is 0 Å². The Morgan fingerprint density at radius 2 is 2.20 bits per heavy atom. The highest BCUT2D eigenvalue weighted by Gasteiger charge is 2.39. The lowest BCUT2D eigenvalue weighted by Gasteiger charge is -2.20. The van der Waals surface area contributed by atoms with Gasteiger partial charge in [0.05, 0.1) is 0 Å². The molecule has 1 unspecified atom stereocenters. The third-order valence-electron chi connectivity index (χ3n) is 3.05. The molecule has 0 aromatic carbocycles. The summed E-state index contributed by atoms with van der Waals surface area (Å²) in [7, 11) is 0.